The molecule has 3 amide bonds. The fourth-order valence-electron chi connectivity index (χ4n) is 2.95. The fraction of sp³-hybridized carbons (Fsp3) is 0.350. The van der Waals surface area contributed by atoms with E-state index in [2.05, 4.69) is 15.6 Å². The Morgan fingerprint density at radius 1 is 1.28 bits per heavy atom. The molecule has 0 saturated heterocycles. The summed E-state index contributed by atoms with van der Waals surface area (Å²) in [4.78, 5) is 30.0. The van der Waals surface area contributed by atoms with Gasteiger partial charge in [-0.05, 0) is 31.0 Å². The van der Waals surface area contributed by atoms with E-state index in [1.165, 1.54) is 23.2 Å². The Balaban J connectivity index is 1.78. The summed E-state index contributed by atoms with van der Waals surface area (Å²) in [6.07, 6.45) is 1.45. The molecule has 0 aliphatic rings. The van der Waals surface area contributed by atoms with Gasteiger partial charge in [0.25, 0.3) is 5.91 Å². The summed E-state index contributed by atoms with van der Waals surface area (Å²) in [7, 11) is 3.27. The minimum absolute atomic E-state index is 0.0252. The fourth-order valence-corrected chi connectivity index (χ4v) is 3.79. The van der Waals surface area contributed by atoms with Gasteiger partial charge in [-0.2, -0.15) is 0 Å². The average molecular weight is 418 g/mol. The van der Waals surface area contributed by atoms with E-state index in [0.717, 1.165) is 16.9 Å². The molecule has 29 heavy (non-hydrogen) atoms. The third-order valence-electron chi connectivity index (χ3n) is 4.50. The molecule has 1 atom stereocenters. The number of hydrogen-bond donors (Lipinski definition) is 2. The number of furan rings is 1. The van der Waals surface area contributed by atoms with Crippen LogP contribution in [0.2, 0.25) is 0 Å². The van der Waals surface area contributed by atoms with Gasteiger partial charge in [-0.3, -0.25) is 10.1 Å². The van der Waals surface area contributed by atoms with E-state index in [0.29, 0.717) is 26.7 Å². The molecule has 154 valence electrons. The number of fused-ring (bicyclic) bond motifs is 1. The first-order valence-corrected chi connectivity index (χ1v) is 9.92. The van der Waals surface area contributed by atoms with Crippen molar-refractivity contribution in [2.45, 2.75) is 26.8 Å². The van der Waals surface area contributed by atoms with Crippen LogP contribution in [-0.4, -0.2) is 35.9 Å². The first-order chi connectivity index (χ1) is 13.7. The smallest absolute Gasteiger partial charge is 0.320 e. The Morgan fingerprint density at radius 3 is 2.66 bits per heavy atom. The molecule has 0 aliphatic heterocycles. The van der Waals surface area contributed by atoms with E-state index in [1.54, 1.807) is 20.2 Å². The summed E-state index contributed by atoms with van der Waals surface area (Å²) in [6.45, 7) is 5.76. The van der Waals surface area contributed by atoms with Crippen molar-refractivity contribution >= 4 is 39.2 Å². The number of carbonyl (C=O) groups is 2. The Hall–Kier alpha value is -2.94. The average Bonchev–Trinajstić information content (AvgIpc) is 3.24. The molecule has 1 aromatic carbocycles. The van der Waals surface area contributed by atoms with E-state index >= 15 is 0 Å². The highest BCUT2D eigenvalue weighted by atomic mass is 32.1. The molecule has 0 radical (unpaired) electrons. The highest BCUT2D eigenvalue weighted by molar-refractivity contribution is 7.17. The van der Waals surface area contributed by atoms with Crippen molar-refractivity contribution in [3.63, 3.8) is 0 Å². The van der Waals surface area contributed by atoms with E-state index < -0.39 is 12.1 Å². The first kappa shape index (κ1) is 20.8. The van der Waals surface area contributed by atoms with E-state index in [1.807, 2.05) is 20.8 Å². The molecule has 2 aromatic heterocycles. The molecular weight excluding hydrogens is 395 g/mol. The summed E-state index contributed by atoms with van der Waals surface area (Å²) >= 11 is 1.10. The van der Waals surface area contributed by atoms with Gasteiger partial charge >= 0.3 is 6.03 Å². The Labute approximate surface area is 171 Å². The minimum Gasteiger partial charge on any atom is -0.459 e. The van der Waals surface area contributed by atoms with Crippen molar-refractivity contribution in [3.05, 3.63) is 46.5 Å². The van der Waals surface area contributed by atoms with Crippen molar-refractivity contribution in [2.24, 2.45) is 5.92 Å². The van der Waals surface area contributed by atoms with Crippen molar-refractivity contribution in [1.29, 1.82) is 0 Å². The predicted molar refractivity (Wildman–Crippen MR) is 111 cm³/mol. The van der Waals surface area contributed by atoms with E-state index in [9.17, 15) is 14.0 Å². The zero-order chi connectivity index (χ0) is 21.3. The lowest BCUT2D eigenvalue weighted by Gasteiger charge is -2.21. The quantitative estimate of drug-likeness (QED) is 0.636. The summed E-state index contributed by atoms with van der Waals surface area (Å²) in [5.41, 5.74) is 1.36. The largest absolute Gasteiger partial charge is 0.459 e. The van der Waals surface area contributed by atoms with Gasteiger partial charge in [0.15, 0.2) is 5.01 Å². The second kappa shape index (κ2) is 8.20. The molecule has 0 spiro atoms. The van der Waals surface area contributed by atoms with Gasteiger partial charge in [0.05, 0.1) is 12.2 Å². The standard InChI is InChI=1S/C20H23FN4O3S/c1-10(2)16(17-11(3)13-8-12(21)6-7-14(13)28-17)24-20(27)23-15-9-22-18(29-15)19(26)25(4)5/h6-10,16H,1-5H3,(H2,23,24,27)/t16-/m0/s1. The topological polar surface area (TPSA) is 87.5 Å². The molecule has 9 heteroatoms. The molecule has 3 aromatic rings. The molecule has 0 bridgehead atoms. The van der Waals surface area contributed by atoms with Gasteiger partial charge in [-0.25, -0.2) is 14.2 Å². The highest BCUT2D eigenvalue weighted by Gasteiger charge is 2.26. The van der Waals surface area contributed by atoms with Gasteiger partial charge < -0.3 is 14.6 Å². The van der Waals surface area contributed by atoms with Crippen molar-refractivity contribution in [2.75, 3.05) is 19.4 Å². The number of benzene rings is 1. The molecule has 0 saturated carbocycles. The number of hydrogen-bond acceptors (Lipinski definition) is 5. The van der Waals surface area contributed by atoms with Crippen LogP contribution in [0.1, 0.15) is 41.0 Å². The van der Waals surface area contributed by atoms with Crippen LogP contribution in [0.25, 0.3) is 11.0 Å². The van der Waals surface area contributed by atoms with Crippen LogP contribution in [0, 0.1) is 18.7 Å². The number of urea groups is 1. The maximum Gasteiger partial charge on any atom is 0.320 e. The van der Waals surface area contributed by atoms with Gasteiger partial charge in [-0.1, -0.05) is 25.2 Å². The van der Waals surface area contributed by atoms with Crippen molar-refractivity contribution < 1.29 is 18.4 Å². The Morgan fingerprint density at radius 2 is 2.00 bits per heavy atom. The number of thiazole rings is 1. The van der Waals surface area contributed by atoms with Gasteiger partial charge in [0.1, 0.15) is 22.2 Å². The molecule has 0 unspecified atom stereocenters. The lowest BCUT2D eigenvalue weighted by atomic mass is 9.98. The molecule has 3 rings (SSSR count). The van der Waals surface area contributed by atoms with Crippen LogP contribution in [0.4, 0.5) is 14.2 Å². The van der Waals surface area contributed by atoms with Crippen LogP contribution in [0.15, 0.2) is 28.8 Å². The van der Waals surface area contributed by atoms with Crippen LogP contribution in [0.5, 0.6) is 0 Å². The molecule has 0 fully saturated rings. The number of anilines is 1. The van der Waals surface area contributed by atoms with Crippen molar-refractivity contribution in [1.82, 2.24) is 15.2 Å². The maximum atomic E-state index is 13.6. The second-order valence-corrected chi connectivity index (χ2v) is 8.31. The summed E-state index contributed by atoms with van der Waals surface area (Å²) in [6, 6.07) is 3.49. The summed E-state index contributed by atoms with van der Waals surface area (Å²) in [5.74, 6) is 0.0439. The second-order valence-electron chi connectivity index (χ2n) is 7.28. The molecular formula is C20H23FN4O3S. The lowest BCUT2D eigenvalue weighted by molar-refractivity contribution is 0.0827. The lowest BCUT2D eigenvalue weighted by Crippen LogP contribution is -2.35. The number of aryl methyl sites for hydroxylation is 1. The number of nitrogens with zero attached hydrogens (tertiary/aromatic N) is 2. The monoisotopic (exact) mass is 418 g/mol. The van der Waals surface area contributed by atoms with E-state index in [-0.39, 0.29) is 17.6 Å². The van der Waals surface area contributed by atoms with Crippen LogP contribution in [-0.2, 0) is 0 Å². The van der Waals surface area contributed by atoms with Gasteiger partial charge in [0.2, 0.25) is 0 Å². The zero-order valence-electron chi connectivity index (χ0n) is 16.9. The van der Waals surface area contributed by atoms with Crippen LogP contribution < -0.4 is 10.6 Å². The molecule has 2 N–H and O–H groups in total. The van der Waals surface area contributed by atoms with E-state index in [4.69, 9.17) is 4.42 Å². The molecule has 0 aliphatic carbocycles. The summed E-state index contributed by atoms with van der Waals surface area (Å²) < 4.78 is 19.5. The number of amides is 3. The number of carbonyl (C=O) groups excluding carboxylic acids is 2. The number of aromatic nitrogens is 1. The van der Waals surface area contributed by atoms with Crippen molar-refractivity contribution in [3.8, 4) is 0 Å². The Bertz CT molecular complexity index is 1060. The van der Waals surface area contributed by atoms with Crippen LogP contribution >= 0.6 is 11.3 Å². The molecule has 7 nitrogen and oxygen atoms in total. The zero-order valence-corrected chi connectivity index (χ0v) is 17.7. The summed E-state index contributed by atoms with van der Waals surface area (Å²) in [5, 5.41) is 7.04. The third-order valence-corrected chi connectivity index (χ3v) is 5.40. The maximum absolute atomic E-state index is 13.6. The predicted octanol–water partition coefficient (Wildman–Crippen LogP) is 4.56. The van der Waals surface area contributed by atoms with Crippen LogP contribution in [0.3, 0.4) is 0 Å². The van der Waals surface area contributed by atoms with Gasteiger partial charge in [-0.15, -0.1) is 0 Å². The minimum atomic E-state index is -0.442. The number of rotatable bonds is 5. The molecule has 2 heterocycles. The number of halogens is 1. The first-order valence-electron chi connectivity index (χ1n) is 9.11. The third kappa shape index (κ3) is 4.40. The van der Waals surface area contributed by atoms with Gasteiger partial charge in [0, 0.05) is 25.0 Å². The normalized spacial score (nSPS) is 12.2. The highest BCUT2D eigenvalue weighted by Crippen LogP contribution is 2.33. The SMILES string of the molecule is Cc1c([C@@H](NC(=O)Nc2cnc(C(=O)N(C)C)s2)C(C)C)oc2ccc(F)cc12. The Kier molecular flexibility index (Phi) is 5.88. The number of nitrogens with one attached hydrogen (secondary N) is 2.